The van der Waals surface area contributed by atoms with Gasteiger partial charge in [-0.25, -0.2) is 9.18 Å². The Morgan fingerprint density at radius 3 is 2.81 bits per heavy atom. The molecule has 1 aliphatic heterocycles. The van der Waals surface area contributed by atoms with Crippen LogP contribution in [-0.2, 0) is 14.4 Å². The van der Waals surface area contributed by atoms with Crippen LogP contribution in [0.25, 0.3) is 0 Å². The third-order valence-electron chi connectivity index (χ3n) is 2.31. The van der Waals surface area contributed by atoms with Crippen molar-refractivity contribution >= 4 is 11.7 Å². The van der Waals surface area contributed by atoms with Gasteiger partial charge in [0, 0.05) is 6.42 Å². The number of methoxy groups -OCH3 is 1. The van der Waals surface area contributed by atoms with Crippen molar-refractivity contribution in [1.82, 2.24) is 0 Å². The van der Waals surface area contributed by atoms with Crippen LogP contribution in [0, 0.1) is 5.82 Å². The monoisotopic (exact) mass is 223 g/mol. The average Bonchev–Trinajstić information content (AvgIpc) is 2.78. The van der Waals surface area contributed by atoms with Gasteiger partial charge in [0.2, 0.25) is 6.10 Å². The Hall–Kier alpha value is -1.91. The minimum absolute atomic E-state index is 0.312. The molecule has 0 bridgehead atoms. The zero-order chi connectivity index (χ0) is 11.5. The van der Waals surface area contributed by atoms with E-state index in [1.165, 1.54) is 19.2 Å². The van der Waals surface area contributed by atoms with Crippen LogP contribution in [0.5, 0.6) is 0 Å². The first-order chi connectivity index (χ1) is 7.70. The molecule has 4 nitrogen and oxygen atoms in total. The minimum atomic E-state index is -0.690. The number of halogens is 1. The zero-order valence-electron chi connectivity index (χ0n) is 8.64. The first kappa shape index (κ1) is 10.6. The van der Waals surface area contributed by atoms with Crippen molar-refractivity contribution in [2.24, 2.45) is 5.16 Å². The van der Waals surface area contributed by atoms with Gasteiger partial charge < -0.3 is 9.57 Å². The van der Waals surface area contributed by atoms with E-state index in [4.69, 9.17) is 4.84 Å². The lowest BCUT2D eigenvalue weighted by atomic mass is 10.1. The molecule has 0 unspecified atom stereocenters. The quantitative estimate of drug-likeness (QED) is 0.714. The molecule has 1 atom stereocenters. The lowest BCUT2D eigenvalue weighted by Crippen LogP contribution is -2.22. The summed E-state index contributed by atoms with van der Waals surface area (Å²) in [6.45, 7) is 0. The number of hydrogen-bond donors (Lipinski definition) is 0. The summed E-state index contributed by atoms with van der Waals surface area (Å²) >= 11 is 0. The van der Waals surface area contributed by atoms with E-state index in [0.717, 1.165) is 5.56 Å². The van der Waals surface area contributed by atoms with E-state index in [1.54, 1.807) is 12.1 Å². The molecule has 0 spiro atoms. The van der Waals surface area contributed by atoms with Crippen LogP contribution >= 0.6 is 0 Å². The van der Waals surface area contributed by atoms with Crippen molar-refractivity contribution in [3.8, 4) is 0 Å². The Bertz CT molecular complexity index is 427. The third kappa shape index (κ3) is 2.03. The smallest absolute Gasteiger partial charge is 0.350 e. The van der Waals surface area contributed by atoms with Gasteiger partial charge in [-0.1, -0.05) is 17.3 Å². The summed E-state index contributed by atoms with van der Waals surface area (Å²) in [5.41, 5.74) is 1.36. The molecule has 1 aromatic rings. The van der Waals surface area contributed by atoms with Gasteiger partial charge in [0.25, 0.3) is 0 Å². The molecule has 0 saturated carbocycles. The molecule has 0 saturated heterocycles. The predicted molar refractivity (Wildman–Crippen MR) is 54.4 cm³/mol. The van der Waals surface area contributed by atoms with E-state index >= 15 is 0 Å². The van der Waals surface area contributed by atoms with Gasteiger partial charge in [-0.3, -0.25) is 0 Å². The number of ether oxygens (including phenoxy) is 1. The fourth-order valence-electron chi connectivity index (χ4n) is 1.45. The maximum atomic E-state index is 12.7. The molecule has 16 heavy (non-hydrogen) atoms. The van der Waals surface area contributed by atoms with Crippen molar-refractivity contribution in [3.63, 3.8) is 0 Å². The van der Waals surface area contributed by atoms with Crippen molar-refractivity contribution in [2.75, 3.05) is 7.11 Å². The van der Waals surface area contributed by atoms with Gasteiger partial charge in [-0.05, 0) is 17.7 Å². The van der Waals surface area contributed by atoms with Crippen LogP contribution in [0.2, 0.25) is 0 Å². The topological polar surface area (TPSA) is 47.9 Å². The maximum absolute atomic E-state index is 12.7. The minimum Gasteiger partial charge on any atom is -0.466 e. The first-order valence-corrected chi connectivity index (χ1v) is 4.77. The van der Waals surface area contributed by atoms with Gasteiger partial charge >= 0.3 is 5.97 Å². The summed E-state index contributed by atoms with van der Waals surface area (Å²) in [6.07, 6.45) is -0.344. The summed E-state index contributed by atoms with van der Waals surface area (Å²) in [4.78, 5) is 16.1. The highest BCUT2D eigenvalue weighted by Crippen LogP contribution is 2.17. The van der Waals surface area contributed by atoms with Crippen LogP contribution < -0.4 is 0 Å². The number of carbonyl (C=O) groups is 1. The standard InChI is InChI=1S/C11H10FNO3/c1-15-11(14)10-6-9(13-16-10)7-2-4-8(12)5-3-7/h2-5,10H,6H2,1H3/t10-/m0/s1. The second-order valence-electron chi connectivity index (χ2n) is 3.37. The van der Waals surface area contributed by atoms with Crippen LogP contribution in [0.1, 0.15) is 12.0 Å². The normalized spacial score (nSPS) is 18.9. The highest BCUT2D eigenvalue weighted by molar-refractivity contribution is 6.03. The molecular formula is C11H10FNO3. The van der Waals surface area contributed by atoms with E-state index < -0.39 is 12.1 Å². The lowest BCUT2D eigenvalue weighted by Gasteiger charge is -2.04. The summed E-state index contributed by atoms with van der Waals surface area (Å²) in [6, 6.07) is 5.86. The highest BCUT2D eigenvalue weighted by Gasteiger charge is 2.29. The van der Waals surface area contributed by atoms with E-state index in [0.29, 0.717) is 12.1 Å². The fourth-order valence-corrected chi connectivity index (χ4v) is 1.45. The first-order valence-electron chi connectivity index (χ1n) is 4.77. The Labute approximate surface area is 91.7 Å². The van der Waals surface area contributed by atoms with Gasteiger partial charge in [0.15, 0.2) is 0 Å². The van der Waals surface area contributed by atoms with Crippen molar-refractivity contribution in [3.05, 3.63) is 35.6 Å². The van der Waals surface area contributed by atoms with Crippen molar-refractivity contribution in [2.45, 2.75) is 12.5 Å². The molecule has 0 radical (unpaired) electrons. The van der Waals surface area contributed by atoms with E-state index in [1.807, 2.05) is 0 Å². The molecule has 5 heteroatoms. The molecule has 0 fully saturated rings. The summed E-state index contributed by atoms with van der Waals surface area (Å²) in [7, 11) is 1.29. The van der Waals surface area contributed by atoms with Crippen molar-refractivity contribution < 1.29 is 18.8 Å². The molecule has 2 rings (SSSR count). The predicted octanol–water partition coefficient (Wildman–Crippen LogP) is 1.49. The van der Waals surface area contributed by atoms with Crippen LogP contribution in [-0.4, -0.2) is 24.9 Å². The molecule has 1 aromatic carbocycles. The van der Waals surface area contributed by atoms with Crippen LogP contribution in [0.3, 0.4) is 0 Å². The molecule has 0 amide bonds. The molecule has 1 aliphatic rings. The number of carbonyl (C=O) groups excluding carboxylic acids is 1. The average molecular weight is 223 g/mol. The van der Waals surface area contributed by atoms with E-state index in [2.05, 4.69) is 9.89 Å². The summed E-state index contributed by atoms with van der Waals surface area (Å²) in [5, 5.41) is 3.78. The number of nitrogens with zero attached hydrogens (tertiary/aromatic N) is 1. The second-order valence-corrected chi connectivity index (χ2v) is 3.37. The maximum Gasteiger partial charge on any atom is 0.350 e. The van der Waals surface area contributed by atoms with Gasteiger partial charge in [0.1, 0.15) is 5.82 Å². The number of hydrogen-bond acceptors (Lipinski definition) is 4. The van der Waals surface area contributed by atoms with Gasteiger partial charge in [0.05, 0.1) is 12.8 Å². The highest BCUT2D eigenvalue weighted by atomic mass is 19.1. The lowest BCUT2D eigenvalue weighted by molar-refractivity contribution is -0.152. The number of esters is 1. The third-order valence-corrected chi connectivity index (χ3v) is 2.31. The Balaban J connectivity index is 2.08. The van der Waals surface area contributed by atoms with Gasteiger partial charge in [-0.2, -0.15) is 0 Å². The number of benzene rings is 1. The summed E-state index contributed by atoms with van der Waals surface area (Å²) < 4.78 is 17.2. The van der Waals surface area contributed by atoms with Crippen LogP contribution in [0.4, 0.5) is 4.39 Å². The SMILES string of the molecule is COC(=O)[C@@H]1CC(c2ccc(F)cc2)=NO1. The largest absolute Gasteiger partial charge is 0.466 e. The van der Waals surface area contributed by atoms with E-state index in [9.17, 15) is 9.18 Å². The number of rotatable bonds is 2. The second kappa shape index (κ2) is 4.30. The van der Waals surface area contributed by atoms with E-state index in [-0.39, 0.29) is 5.82 Å². The molecule has 1 heterocycles. The Kier molecular flexibility index (Phi) is 2.85. The van der Waals surface area contributed by atoms with Crippen molar-refractivity contribution in [1.29, 1.82) is 0 Å². The zero-order valence-corrected chi connectivity index (χ0v) is 8.64. The Morgan fingerprint density at radius 2 is 2.19 bits per heavy atom. The molecule has 0 aromatic heterocycles. The Morgan fingerprint density at radius 1 is 1.50 bits per heavy atom. The molecular weight excluding hydrogens is 213 g/mol. The fraction of sp³-hybridized carbons (Fsp3) is 0.273. The molecule has 0 N–H and O–H groups in total. The van der Waals surface area contributed by atoms with Crippen LogP contribution in [0.15, 0.2) is 29.4 Å². The summed E-state index contributed by atoms with van der Waals surface area (Å²) in [5.74, 6) is -0.770. The molecule has 0 aliphatic carbocycles. The van der Waals surface area contributed by atoms with Gasteiger partial charge in [-0.15, -0.1) is 0 Å². The number of oxime groups is 1. The molecule has 84 valence electrons.